The van der Waals surface area contributed by atoms with Gasteiger partial charge in [-0.05, 0) is 19.4 Å². The smallest absolute Gasteiger partial charge is 0.392 e. The van der Waals surface area contributed by atoms with Gasteiger partial charge in [0.25, 0.3) is 0 Å². The van der Waals surface area contributed by atoms with Crippen LogP contribution in [-0.4, -0.2) is 16.1 Å². The standard InChI is InChI=1S/C12H11NO3/c1-7-3-4-9(8(2)5-7)10-6-13-11(16-10)12(14)15/h3-6H,1-2H3,(H,14,15). The molecule has 2 rings (SSSR count). The first kappa shape index (κ1) is 10.4. The van der Waals surface area contributed by atoms with Crippen LogP contribution in [0.15, 0.2) is 28.8 Å². The van der Waals surface area contributed by atoms with E-state index in [1.807, 2.05) is 32.0 Å². The minimum absolute atomic E-state index is 0.282. The fraction of sp³-hybridized carbons (Fsp3) is 0.167. The van der Waals surface area contributed by atoms with E-state index in [4.69, 9.17) is 9.52 Å². The lowest BCUT2D eigenvalue weighted by molar-refractivity contribution is 0.0654. The number of aromatic nitrogens is 1. The molecule has 1 aromatic carbocycles. The van der Waals surface area contributed by atoms with E-state index in [1.165, 1.54) is 6.20 Å². The highest BCUT2D eigenvalue weighted by Crippen LogP contribution is 2.24. The lowest BCUT2D eigenvalue weighted by Crippen LogP contribution is -1.94. The van der Waals surface area contributed by atoms with Crippen molar-refractivity contribution in [3.63, 3.8) is 0 Å². The zero-order valence-electron chi connectivity index (χ0n) is 9.02. The Kier molecular flexibility index (Phi) is 2.48. The van der Waals surface area contributed by atoms with Gasteiger partial charge in [-0.3, -0.25) is 0 Å². The number of hydrogen-bond donors (Lipinski definition) is 1. The van der Waals surface area contributed by atoms with Crippen molar-refractivity contribution >= 4 is 5.97 Å². The molecule has 1 heterocycles. The predicted octanol–water partition coefficient (Wildman–Crippen LogP) is 2.66. The average molecular weight is 217 g/mol. The zero-order chi connectivity index (χ0) is 11.7. The van der Waals surface area contributed by atoms with Gasteiger partial charge in [-0.15, -0.1) is 0 Å². The van der Waals surface area contributed by atoms with Crippen molar-refractivity contribution in [2.24, 2.45) is 0 Å². The summed E-state index contributed by atoms with van der Waals surface area (Å²) in [4.78, 5) is 14.3. The van der Waals surface area contributed by atoms with Crippen molar-refractivity contribution in [2.45, 2.75) is 13.8 Å². The summed E-state index contributed by atoms with van der Waals surface area (Å²) >= 11 is 0. The van der Waals surface area contributed by atoms with Crippen LogP contribution >= 0.6 is 0 Å². The summed E-state index contributed by atoms with van der Waals surface area (Å²) in [6, 6.07) is 5.86. The molecular formula is C12H11NO3. The van der Waals surface area contributed by atoms with Crippen LogP contribution in [0.25, 0.3) is 11.3 Å². The number of carboxylic acid groups (broad SMARTS) is 1. The third-order valence-corrected chi connectivity index (χ3v) is 2.34. The molecule has 1 N–H and O–H groups in total. The number of benzene rings is 1. The first-order valence-corrected chi connectivity index (χ1v) is 4.84. The third kappa shape index (κ3) is 1.82. The Morgan fingerprint density at radius 2 is 2.12 bits per heavy atom. The summed E-state index contributed by atoms with van der Waals surface area (Å²) in [5, 5.41) is 8.70. The topological polar surface area (TPSA) is 63.3 Å². The van der Waals surface area contributed by atoms with Crippen molar-refractivity contribution in [2.75, 3.05) is 0 Å². The number of carboxylic acids is 1. The van der Waals surface area contributed by atoms with Gasteiger partial charge in [0.2, 0.25) is 0 Å². The lowest BCUT2D eigenvalue weighted by atomic mass is 10.0. The maximum atomic E-state index is 10.6. The second-order valence-corrected chi connectivity index (χ2v) is 3.65. The molecule has 0 unspecified atom stereocenters. The molecule has 0 saturated heterocycles. The van der Waals surface area contributed by atoms with E-state index < -0.39 is 5.97 Å². The number of hydrogen-bond acceptors (Lipinski definition) is 3. The van der Waals surface area contributed by atoms with Crippen molar-refractivity contribution in [1.82, 2.24) is 4.98 Å². The third-order valence-electron chi connectivity index (χ3n) is 2.34. The van der Waals surface area contributed by atoms with Crippen molar-refractivity contribution in [1.29, 1.82) is 0 Å². The molecule has 0 amide bonds. The Balaban J connectivity index is 2.46. The predicted molar refractivity (Wildman–Crippen MR) is 58.4 cm³/mol. The van der Waals surface area contributed by atoms with E-state index in [9.17, 15) is 4.79 Å². The molecule has 2 aromatic rings. The van der Waals surface area contributed by atoms with E-state index in [2.05, 4.69) is 4.98 Å². The Bertz CT molecular complexity index is 543. The summed E-state index contributed by atoms with van der Waals surface area (Å²) in [5.74, 6) is -0.958. The van der Waals surface area contributed by atoms with Gasteiger partial charge in [-0.1, -0.05) is 23.8 Å². The molecule has 0 atom stereocenters. The van der Waals surface area contributed by atoms with E-state index >= 15 is 0 Å². The van der Waals surface area contributed by atoms with Crippen LogP contribution < -0.4 is 0 Å². The minimum atomic E-state index is -1.16. The number of aryl methyl sites for hydroxylation is 2. The number of rotatable bonds is 2. The Labute approximate surface area is 92.6 Å². The monoisotopic (exact) mass is 217 g/mol. The summed E-state index contributed by atoms with van der Waals surface area (Å²) in [7, 11) is 0. The van der Waals surface area contributed by atoms with E-state index in [1.54, 1.807) is 0 Å². The fourth-order valence-electron chi connectivity index (χ4n) is 1.59. The number of aromatic carboxylic acids is 1. The quantitative estimate of drug-likeness (QED) is 0.839. The van der Waals surface area contributed by atoms with E-state index in [-0.39, 0.29) is 5.89 Å². The first-order chi connectivity index (χ1) is 7.58. The summed E-state index contributed by atoms with van der Waals surface area (Å²) < 4.78 is 5.14. The molecule has 0 saturated carbocycles. The highest BCUT2D eigenvalue weighted by molar-refractivity contribution is 5.82. The van der Waals surface area contributed by atoms with E-state index in [0.717, 1.165) is 16.7 Å². The van der Waals surface area contributed by atoms with Crippen LogP contribution in [0.2, 0.25) is 0 Å². The van der Waals surface area contributed by atoms with Crippen LogP contribution in [0.4, 0.5) is 0 Å². The van der Waals surface area contributed by atoms with Gasteiger partial charge >= 0.3 is 11.9 Å². The molecule has 0 aliphatic rings. The van der Waals surface area contributed by atoms with Crippen molar-refractivity contribution < 1.29 is 14.3 Å². The molecule has 0 spiro atoms. The maximum Gasteiger partial charge on any atom is 0.392 e. The van der Waals surface area contributed by atoms with Crippen LogP contribution in [-0.2, 0) is 0 Å². The van der Waals surface area contributed by atoms with Gasteiger partial charge in [0, 0.05) is 5.56 Å². The molecule has 0 bridgehead atoms. The number of carbonyl (C=O) groups is 1. The molecule has 4 heteroatoms. The largest absolute Gasteiger partial charge is 0.474 e. The second kappa shape index (κ2) is 3.81. The van der Waals surface area contributed by atoms with Gasteiger partial charge in [0.05, 0.1) is 6.20 Å². The summed E-state index contributed by atoms with van der Waals surface area (Å²) in [6.07, 6.45) is 1.43. The fourth-order valence-corrected chi connectivity index (χ4v) is 1.59. The molecule has 0 radical (unpaired) electrons. The second-order valence-electron chi connectivity index (χ2n) is 3.65. The van der Waals surface area contributed by atoms with Crippen LogP contribution in [0.1, 0.15) is 21.8 Å². The van der Waals surface area contributed by atoms with Crippen LogP contribution in [0.3, 0.4) is 0 Å². The molecular weight excluding hydrogens is 206 g/mol. The number of nitrogens with zero attached hydrogens (tertiary/aromatic N) is 1. The zero-order valence-corrected chi connectivity index (χ0v) is 9.02. The van der Waals surface area contributed by atoms with Gasteiger partial charge in [0.1, 0.15) is 0 Å². The molecule has 16 heavy (non-hydrogen) atoms. The normalized spacial score (nSPS) is 10.4. The maximum absolute atomic E-state index is 10.6. The van der Waals surface area contributed by atoms with Crippen molar-refractivity contribution in [3.8, 4) is 11.3 Å². The van der Waals surface area contributed by atoms with Gasteiger partial charge < -0.3 is 9.52 Å². The van der Waals surface area contributed by atoms with Crippen LogP contribution in [0.5, 0.6) is 0 Å². The summed E-state index contributed by atoms with van der Waals surface area (Å²) in [5.41, 5.74) is 3.05. The summed E-state index contributed by atoms with van der Waals surface area (Å²) in [6.45, 7) is 3.95. The highest BCUT2D eigenvalue weighted by atomic mass is 16.4. The SMILES string of the molecule is Cc1ccc(-c2cnc(C(=O)O)o2)c(C)c1. The molecule has 0 fully saturated rings. The number of oxazole rings is 1. The lowest BCUT2D eigenvalue weighted by Gasteiger charge is -2.02. The Morgan fingerprint density at radius 1 is 1.38 bits per heavy atom. The van der Waals surface area contributed by atoms with Crippen LogP contribution in [0, 0.1) is 13.8 Å². The van der Waals surface area contributed by atoms with Crippen molar-refractivity contribution in [3.05, 3.63) is 41.4 Å². The Morgan fingerprint density at radius 3 is 2.69 bits per heavy atom. The molecule has 0 aliphatic carbocycles. The molecule has 1 aromatic heterocycles. The van der Waals surface area contributed by atoms with Gasteiger partial charge in [-0.25, -0.2) is 9.78 Å². The average Bonchev–Trinajstić information content (AvgIpc) is 2.66. The first-order valence-electron chi connectivity index (χ1n) is 4.84. The molecule has 4 nitrogen and oxygen atoms in total. The molecule has 82 valence electrons. The Hall–Kier alpha value is -2.10. The van der Waals surface area contributed by atoms with Gasteiger partial charge in [-0.2, -0.15) is 0 Å². The minimum Gasteiger partial charge on any atom is -0.474 e. The molecule has 0 aliphatic heterocycles. The van der Waals surface area contributed by atoms with Gasteiger partial charge in [0.15, 0.2) is 5.76 Å². The highest BCUT2D eigenvalue weighted by Gasteiger charge is 2.13. The van der Waals surface area contributed by atoms with E-state index in [0.29, 0.717) is 5.76 Å².